The molecule has 3 N–H and O–H groups in total. The van der Waals surface area contributed by atoms with Crippen LogP contribution in [0.5, 0.6) is 5.75 Å². The van der Waals surface area contributed by atoms with Gasteiger partial charge in [-0.1, -0.05) is 18.2 Å². The summed E-state index contributed by atoms with van der Waals surface area (Å²) in [5.74, 6) is -0.627. The number of anilines is 2. The largest absolute Gasteiger partial charge is 0.426 e. The summed E-state index contributed by atoms with van der Waals surface area (Å²) in [6, 6.07) is 15.3. The summed E-state index contributed by atoms with van der Waals surface area (Å²) in [4.78, 5) is 23.2. The molecule has 0 atom stereocenters. The van der Waals surface area contributed by atoms with Crippen LogP contribution in [0.3, 0.4) is 0 Å². The maximum atomic E-state index is 11.7. The van der Waals surface area contributed by atoms with E-state index >= 15 is 0 Å². The molecule has 2 aromatic carbocycles. The third-order valence-corrected chi connectivity index (χ3v) is 2.47. The minimum Gasteiger partial charge on any atom is -0.426 e. The van der Waals surface area contributed by atoms with Crippen LogP contribution in [0.4, 0.5) is 11.4 Å². The molecule has 0 aliphatic rings. The van der Waals surface area contributed by atoms with Crippen LogP contribution in [0.15, 0.2) is 54.6 Å². The van der Waals surface area contributed by atoms with Crippen LogP contribution >= 0.6 is 0 Å². The summed E-state index contributed by atoms with van der Waals surface area (Å²) in [7, 11) is 0. The first kappa shape index (κ1) is 13.6. The van der Waals surface area contributed by atoms with E-state index in [1.165, 1.54) is 0 Å². The first-order chi connectivity index (χ1) is 9.63. The number of hydrogen-bond donors (Lipinski definition) is 2. The van der Waals surface area contributed by atoms with Crippen LogP contribution in [-0.4, -0.2) is 11.9 Å². The van der Waals surface area contributed by atoms with Crippen LogP contribution in [0, 0.1) is 0 Å². The highest BCUT2D eigenvalue weighted by molar-refractivity contribution is 6.02. The summed E-state index contributed by atoms with van der Waals surface area (Å²) < 4.78 is 5.02. The molecule has 0 bridgehead atoms. The minimum atomic E-state index is -0.607. The highest BCUT2D eigenvalue weighted by Gasteiger charge is 2.11. The van der Waals surface area contributed by atoms with E-state index in [9.17, 15) is 9.59 Å². The van der Waals surface area contributed by atoms with E-state index in [0.717, 1.165) is 0 Å². The molecule has 1 amide bonds. The zero-order valence-electron chi connectivity index (χ0n) is 10.7. The quantitative estimate of drug-likeness (QED) is 0.386. The fourth-order valence-electron chi connectivity index (χ4n) is 1.56. The second kappa shape index (κ2) is 6.38. The van der Waals surface area contributed by atoms with E-state index in [-0.39, 0.29) is 6.42 Å². The van der Waals surface area contributed by atoms with Gasteiger partial charge in [-0.3, -0.25) is 9.59 Å². The van der Waals surface area contributed by atoms with Crippen LogP contribution in [0.2, 0.25) is 0 Å². The van der Waals surface area contributed by atoms with Crippen molar-refractivity contribution in [3.05, 3.63) is 54.6 Å². The van der Waals surface area contributed by atoms with Crippen molar-refractivity contribution in [3.63, 3.8) is 0 Å². The number of rotatable bonds is 4. The van der Waals surface area contributed by atoms with Gasteiger partial charge in [-0.05, 0) is 36.4 Å². The predicted octanol–water partition coefficient (Wildman–Crippen LogP) is 2.20. The number of ether oxygens (including phenoxy) is 1. The van der Waals surface area contributed by atoms with Gasteiger partial charge in [0.25, 0.3) is 0 Å². The lowest BCUT2D eigenvalue weighted by atomic mass is 10.3. The van der Waals surface area contributed by atoms with E-state index in [4.69, 9.17) is 10.5 Å². The molecule has 0 aliphatic heterocycles. The number of para-hydroxylation sites is 1. The molecule has 102 valence electrons. The van der Waals surface area contributed by atoms with Gasteiger partial charge in [-0.15, -0.1) is 0 Å². The summed E-state index contributed by atoms with van der Waals surface area (Å²) in [6.45, 7) is 0. The topological polar surface area (TPSA) is 81.4 Å². The fourth-order valence-corrected chi connectivity index (χ4v) is 1.56. The van der Waals surface area contributed by atoms with Gasteiger partial charge in [0, 0.05) is 11.4 Å². The maximum Gasteiger partial charge on any atom is 0.320 e. The average Bonchev–Trinajstić information content (AvgIpc) is 2.42. The fraction of sp³-hybridized carbons (Fsp3) is 0.0667. The summed E-state index contributed by atoms with van der Waals surface area (Å²) in [5, 5.41) is 2.59. The van der Waals surface area contributed by atoms with E-state index in [0.29, 0.717) is 17.1 Å². The molecule has 0 spiro atoms. The lowest BCUT2D eigenvalue weighted by Crippen LogP contribution is -2.19. The highest BCUT2D eigenvalue weighted by Crippen LogP contribution is 2.12. The van der Waals surface area contributed by atoms with E-state index in [1.807, 2.05) is 6.07 Å². The second-order valence-corrected chi connectivity index (χ2v) is 4.13. The van der Waals surface area contributed by atoms with E-state index in [2.05, 4.69) is 5.32 Å². The first-order valence-corrected chi connectivity index (χ1v) is 6.04. The molecule has 0 radical (unpaired) electrons. The molecule has 0 unspecified atom stereocenters. The molecular formula is C15H14N2O3. The Balaban J connectivity index is 1.85. The molecule has 2 aromatic rings. The first-order valence-electron chi connectivity index (χ1n) is 6.04. The van der Waals surface area contributed by atoms with Crippen LogP contribution in [-0.2, 0) is 9.59 Å². The lowest BCUT2D eigenvalue weighted by molar-refractivity contribution is -0.137. The van der Waals surface area contributed by atoms with Gasteiger partial charge in [-0.25, -0.2) is 0 Å². The number of nitrogens with one attached hydrogen (secondary N) is 1. The van der Waals surface area contributed by atoms with Gasteiger partial charge in [0.05, 0.1) is 0 Å². The average molecular weight is 270 g/mol. The molecule has 0 aliphatic carbocycles. The number of nitrogen functional groups attached to an aromatic ring is 1. The third-order valence-electron chi connectivity index (χ3n) is 2.47. The van der Waals surface area contributed by atoms with Crippen LogP contribution in [0.25, 0.3) is 0 Å². The van der Waals surface area contributed by atoms with Crippen LogP contribution in [0.1, 0.15) is 6.42 Å². The van der Waals surface area contributed by atoms with Crippen molar-refractivity contribution in [2.75, 3.05) is 11.1 Å². The molecule has 0 saturated heterocycles. The Morgan fingerprint density at radius 1 is 1.00 bits per heavy atom. The Morgan fingerprint density at radius 2 is 1.65 bits per heavy atom. The van der Waals surface area contributed by atoms with Crippen molar-refractivity contribution >= 4 is 23.3 Å². The van der Waals surface area contributed by atoms with Crippen molar-refractivity contribution in [2.24, 2.45) is 0 Å². The number of hydrogen-bond acceptors (Lipinski definition) is 4. The monoisotopic (exact) mass is 270 g/mol. The number of esters is 1. The van der Waals surface area contributed by atoms with Gasteiger partial charge in [0.2, 0.25) is 5.91 Å². The third kappa shape index (κ3) is 4.13. The smallest absolute Gasteiger partial charge is 0.320 e. The Labute approximate surface area is 116 Å². The van der Waals surface area contributed by atoms with E-state index in [1.54, 1.807) is 48.5 Å². The normalized spacial score (nSPS) is 9.80. The van der Waals surface area contributed by atoms with E-state index < -0.39 is 11.9 Å². The van der Waals surface area contributed by atoms with Crippen molar-refractivity contribution in [2.45, 2.75) is 6.42 Å². The number of carbonyl (C=O) groups excluding carboxylic acids is 2. The van der Waals surface area contributed by atoms with Gasteiger partial charge in [0.1, 0.15) is 12.2 Å². The molecule has 20 heavy (non-hydrogen) atoms. The minimum absolute atomic E-state index is 0.348. The summed E-state index contributed by atoms with van der Waals surface area (Å²) in [6.07, 6.45) is -0.348. The number of nitrogens with two attached hydrogens (primary N) is 1. The van der Waals surface area contributed by atoms with Crippen molar-refractivity contribution in [1.82, 2.24) is 0 Å². The highest BCUT2D eigenvalue weighted by atomic mass is 16.5. The molecule has 0 aromatic heterocycles. The van der Waals surface area contributed by atoms with Gasteiger partial charge in [-0.2, -0.15) is 0 Å². The van der Waals surface area contributed by atoms with Crippen molar-refractivity contribution in [3.8, 4) is 5.75 Å². The summed E-state index contributed by atoms with van der Waals surface area (Å²) >= 11 is 0. The molecule has 5 heteroatoms. The van der Waals surface area contributed by atoms with Crippen molar-refractivity contribution < 1.29 is 14.3 Å². The predicted molar refractivity (Wildman–Crippen MR) is 76.2 cm³/mol. The lowest BCUT2D eigenvalue weighted by Gasteiger charge is -2.06. The number of carbonyl (C=O) groups is 2. The Morgan fingerprint density at radius 3 is 2.30 bits per heavy atom. The standard InChI is InChI=1S/C15H14N2O3/c16-11-6-8-12(9-7-11)17-14(18)10-15(19)20-13-4-2-1-3-5-13/h1-9H,10,16H2,(H,17,18). The molecular weight excluding hydrogens is 256 g/mol. The molecule has 0 heterocycles. The van der Waals surface area contributed by atoms with Gasteiger partial charge < -0.3 is 15.8 Å². The maximum absolute atomic E-state index is 11.7. The Kier molecular flexibility index (Phi) is 4.34. The number of benzene rings is 2. The zero-order valence-corrected chi connectivity index (χ0v) is 10.7. The van der Waals surface area contributed by atoms with Gasteiger partial charge >= 0.3 is 5.97 Å². The van der Waals surface area contributed by atoms with Crippen molar-refractivity contribution in [1.29, 1.82) is 0 Å². The Hall–Kier alpha value is -2.82. The summed E-state index contributed by atoms with van der Waals surface area (Å²) in [5.41, 5.74) is 6.72. The zero-order chi connectivity index (χ0) is 14.4. The number of amides is 1. The molecule has 0 fully saturated rings. The Bertz CT molecular complexity index is 594. The molecule has 0 saturated carbocycles. The SMILES string of the molecule is Nc1ccc(NC(=O)CC(=O)Oc2ccccc2)cc1. The van der Waals surface area contributed by atoms with Gasteiger partial charge in [0.15, 0.2) is 0 Å². The molecule has 5 nitrogen and oxygen atoms in total. The second-order valence-electron chi connectivity index (χ2n) is 4.13. The molecule has 2 rings (SSSR count). The van der Waals surface area contributed by atoms with Crippen LogP contribution < -0.4 is 15.8 Å².